The van der Waals surface area contributed by atoms with E-state index < -0.39 is 45.0 Å². The van der Waals surface area contributed by atoms with Crippen LogP contribution in [0.4, 0.5) is 4.79 Å². The number of hydrogen-bond acceptors (Lipinski definition) is 8. The molecule has 1 saturated heterocycles. The van der Waals surface area contributed by atoms with E-state index in [1.807, 2.05) is 0 Å². The van der Waals surface area contributed by atoms with Gasteiger partial charge < -0.3 is 19.5 Å². The van der Waals surface area contributed by atoms with E-state index in [0.29, 0.717) is 0 Å². The fourth-order valence-electron chi connectivity index (χ4n) is 2.10. The maximum atomic E-state index is 12.7. The van der Waals surface area contributed by atoms with Crippen LogP contribution in [0.3, 0.4) is 0 Å². The van der Waals surface area contributed by atoms with Crippen molar-refractivity contribution in [2.75, 3.05) is 19.5 Å². The van der Waals surface area contributed by atoms with E-state index >= 15 is 0 Å². The summed E-state index contributed by atoms with van der Waals surface area (Å²) in [6, 6.07) is 0. The number of ether oxygens (including phenoxy) is 3. The molecule has 0 aromatic carbocycles. The first-order valence-electron chi connectivity index (χ1n) is 7.75. The fourth-order valence-corrected chi connectivity index (χ4v) is 2.74. The Bertz CT molecular complexity index is 616. The molecule has 1 aliphatic rings. The zero-order valence-electron chi connectivity index (χ0n) is 15.7. The SMILES string of the molecule is CC(C)(C)OC(=O)NC1(C(=O)OC(C)(C)C)COCC1OS(C)(=O)=O. The van der Waals surface area contributed by atoms with Crippen LogP contribution in [0, 0.1) is 0 Å². The maximum Gasteiger partial charge on any atom is 0.408 e. The van der Waals surface area contributed by atoms with Gasteiger partial charge >= 0.3 is 12.1 Å². The Morgan fingerprint density at radius 1 is 1.08 bits per heavy atom. The highest BCUT2D eigenvalue weighted by atomic mass is 32.2. The summed E-state index contributed by atoms with van der Waals surface area (Å²) in [5.41, 5.74) is -3.51. The van der Waals surface area contributed by atoms with Crippen molar-refractivity contribution in [2.24, 2.45) is 0 Å². The summed E-state index contributed by atoms with van der Waals surface area (Å²) in [5.74, 6) is -0.864. The first-order valence-corrected chi connectivity index (χ1v) is 9.56. The van der Waals surface area contributed by atoms with Gasteiger partial charge in [-0.05, 0) is 41.5 Å². The molecule has 2 unspecified atom stereocenters. The van der Waals surface area contributed by atoms with Crippen molar-refractivity contribution in [3.05, 3.63) is 0 Å². The van der Waals surface area contributed by atoms with Crippen LogP contribution in [0.25, 0.3) is 0 Å². The molecule has 0 saturated carbocycles. The van der Waals surface area contributed by atoms with E-state index in [1.54, 1.807) is 41.5 Å². The Balaban J connectivity index is 3.17. The van der Waals surface area contributed by atoms with Gasteiger partial charge in [0, 0.05) is 0 Å². The smallest absolute Gasteiger partial charge is 0.408 e. The monoisotopic (exact) mass is 381 g/mol. The highest BCUT2D eigenvalue weighted by Crippen LogP contribution is 2.28. The van der Waals surface area contributed by atoms with Gasteiger partial charge in [0.2, 0.25) is 0 Å². The third-order valence-electron chi connectivity index (χ3n) is 2.93. The Morgan fingerprint density at radius 2 is 1.60 bits per heavy atom. The Kier molecular flexibility index (Phi) is 6.13. The van der Waals surface area contributed by atoms with E-state index in [9.17, 15) is 18.0 Å². The topological polar surface area (TPSA) is 117 Å². The fraction of sp³-hybridized carbons (Fsp3) is 0.867. The summed E-state index contributed by atoms with van der Waals surface area (Å²) < 4.78 is 43.7. The first-order chi connectivity index (χ1) is 11.0. The van der Waals surface area contributed by atoms with Gasteiger partial charge in [-0.3, -0.25) is 4.18 Å². The molecule has 0 radical (unpaired) electrons. The van der Waals surface area contributed by atoms with E-state index in [0.717, 1.165) is 6.26 Å². The zero-order valence-corrected chi connectivity index (χ0v) is 16.5. The lowest BCUT2D eigenvalue weighted by molar-refractivity contribution is -0.165. The average molecular weight is 381 g/mol. The Morgan fingerprint density at radius 3 is 2.04 bits per heavy atom. The van der Waals surface area contributed by atoms with Crippen molar-refractivity contribution >= 4 is 22.2 Å². The third kappa shape index (κ3) is 6.79. The standard InChI is InChI=1S/C15H27NO8S/c1-13(2,3)22-11(17)15(16-12(18)23-14(4,5)6)9-21-8-10(15)24-25(7,19)20/h10H,8-9H2,1-7H3,(H,16,18). The van der Waals surface area contributed by atoms with Crippen molar-refractivity contribution in [2.45, 2.75) is 64.4 Å². The van der Waals surface area contributed by atoms with Gasteiger partial charge in [0.25, 0.3) is 10.1 Å². The minimum atomic E-state index is -3.91. The summed E-state index contributed by atoms with van der Waals surface area (Å²) in [5, 5.41) is 2.39. The minimum Gasteiger partial charge on any atom is -0.458 e. The van der Waals surface area contributed by atoms with Gasteiger partial charge in [-0.25, -0.2) is 9.59 Å². The van der Waals surface area contributed by atoms with Crippen LogP contribution < -0.4 is 5.32 Å². The molecule has 1 fully saturated rings. The predicted molar refractivity (Wildman–Crippen MR) is 88.5 cm³/mol. The van der Waals surface area contributed by atoms with E-state index in [2.05, 4.69) is 5.32 Å². The van der Waals surface area contributed by atoms with Crippen LogP contribution in [0.2, 0.25) is 0 Å². The lowest BCUT2D eigenvalue weighted by Gasteiger charge is -2.34. The molecule has 0 aromatic rings. The van der Waals surface area contributed by atoms with Crippen molar-refractivity contribution in [3.8, 4) is 0 Å². The van der Waals surface area contributed by atoms with Crippen molar-refractivity contribution in [3.63, 3.8) is 0 Å². The molecule has 1 N–H and O–H groups in total. The lowest BCUT2D eigenvalue weighted by Crippen LogP contribution is -2.64. The van der Waals surface area contributed by atoms with E-state index in [1.165, 1.54) is 0 Å². The Hall–Kier alpha value is -1.39. The van der Waals surface area contributed by atoms with Gasteiger partial charge in [-0.2, -0.15) is 8.42 Å². The van der Waals surface area contributed by atoms with Crippen LogP contribution >= 0.6 is 0 Å². The summed E-state index contributed by atoms with van der Waals surface area (Å²) in [6.45, 7) is 9.40. The quantitative estimate of drug-likeness (QED) is 0.565. The molecule has 10 heteroatoms. The van der Waals surface area contributed by atoms with Gasteiger partial charge in [0.05, 0.1) is 19.5 Å². The normalized spacial score (nSPS) is 24.7. The van der Waals surface area contributed by atoms with Crippen LogP contribution in [0.15, 0.2) is 0 Å². The highest BCUT2D eigenvalue weighted by Gasteiger charge is 2.56. The van der Waals surface area contributed by atoms with Crippen LogP contribution in [-0.4, -0.2) is 62.8 Å². The molecular formula is C15H27NO8S. The predicted octanol–water partition coefficient (Wildman–Crippen LogP) is 0.967. The summed E-state index contributed by atoms with van der Waals surface area (Å²) in [6.07, 6.45) is -1.34. The number of nitrogens with one attached hydrogen (secondary N) is 1. The second-order valence-corrected chi connectivity index (χ2v) is 9.50. The van der Waals surface area contributed by atoms with Gasteiger partial charge in [0.1, 0.15) is 17.3 Å². The molecule has 0 aliphatic carbocycles. The molecule has 2 atom stereocenters. The average Bonchev–Trinajstić information content (AvgIpc) is 2.65. The van der Waals surface area contributed by atoms with E-state index in [4.69, 9.17) is 18.4 Å². The molecule has 0 bridgehead atoms. The molecule has 1 rings (SSSR count). The number of amides is 1. The number of esters is 1. The molecule has 1 aliphatic heterocycles. The molecule has 1 heterocycles. The highest BCUT2D eigenvalue weighted by molar-refractivity contribution is 7.86. The lowest BCUT2D eigenvalue weighted by atomic mass is 9.95. The van der Waals surface area contributed by atoms with E-state index in [-0.39, 0.29) is 13.2 Å². The van der Waals surface area contributed by atoms with Crippen molar-refractivity contribution in [1.29, 1.82) is 0 Å². The maximum absolute atomic E-state index is 12.7. The third-order valence-corrected chi connectivity index (χ3v) is 3.51. The molecule has 146 valence electrons. The van der Waals surface area contributed by atoms with Gasteiger partial charge in [-0.1, -0.05) is 0 Å². The largest absolute Gasteiger partial charge is 0.458 e. The van der Waals surface area contributed by atoms with Gasteiger partial charge in [0.15, 0.2) is 5.54 Å². The number of hydrogen-bond donors (Lipinski definition) is 1. The molecular weight excluding hydrogens is 354 g/mol. The van der Waals surface area contributed by atoms with Crippen LogP contribution in [0.1, 0.15) is 41.5 Å². The summed E-state index contributed by atoms with van der Waals surface area (Å²) >= 11 is 0. The molecule has 25 heavy (non-hydrogen) atoms. The summed E-state index contributed by atoms with van der Waals surface area (Å²) in [7, 11) is -3.91. The first kappa shape index (κ1) is 21.7. The number of carbonyl (C=O) groups is 2. The Labute approximate surface area is 148 Å². The number of carbonyl (C=O) groups excluding carboxylic acids is 2. The van der Waals surface area contributed by atoms with Crippen molar-refractivity contribution in [1.82, 2.24) is 5.32 Å². The molecule has 9 nitrogen and oxygen atoms in total. The number of alkyl carbamates (subject to hydrolysis) is 1. The molecule has 0 aromatic heterocycles. The zero-order chi connectivity index (χ0) is 19.7. The van der Waals surface area contributed by atoms with Crippen LogP contribution in [-0.2, 0) is 33.3 Å². The second kappa shape index (κ2) is 7.08. The molecule has 1 amide bonds. The second-order valence-electron chi connectivity index (χ2n) is 7.90. The van der Waals surface area contributed by atoms with Gasteiger partial charge in [-0.15, -0.1) is 0 Å². The number of rotatable bonds is 4. The van der Waals surface area contributed by atoms with Crippen molar-refractivity contribution < 1.29 is 36.4 Å². The van der Waals surface area contributed by atoms with Crippen LogP contribution in [0.5, 0.6) is 0 Å². The summed E-state index contributed by atoms with van der Waals surface area (Å²) in [4.78, 5) is 24.9. The minimum absolute atomic E-state index is 0.206. The molecule has 0 spiro atoms.